The highest BCUT2D eigenvalue weighted by molar-refractivity contribution is 6.04. The van der Waals surface area contributed by atoms with Crippen molar-refractivity contribution in [1.82, 2.24) is 14.7 Å². The van der Waals surface area contributed by atoms with E-state index in [2.05, 4.69) is 5.10 Å². The molecular weight excluding hydrogens is 254 g/mol. The summed E-state index contributed by atoms with van der Waals surface area (Å²) in [7, 11) is 1.84. The molecule has 2 aromatic rings. The standard InChI is InChI=1S/C15H19N3O2/c1-10-7-8-18(9-13(10)19)15(20)14-11-5-3-4-6-12(11)17(2)16-14/h3-6,10,13,19H,7-9H2,1-2H3. The van der Waals surface area contributed by atoms with Crippen LogP contribution in [0.5, 0.6) is 0 Å². The number of fused-ring (bicyclic) bond motifs is 1. The van der Waals surface area contributed by atoms with E-state index >= 15 is 0 Å². The minimum atomic E-state index is -0.442. The number of carbonyl (C=O) groups excluding carboxylic acids is 1. The van der Waals surface area contributed by atoms with E-state index in [-0.39, 0.29) is 11.8 Å². The van der Waals surface area contributed by atoms with Crippen molar-refractivity contribution in [2.45, 2.75) is 19.4 Å². The molecule has 0 aliphatic carbocycles. The summed E-state index contributed by atoms with van der Waals surface area (Å²) >= 11 is 0. The summed E-state index contributed by atoms with van der Waals surface area (Å²) in [6, 6.07) is 7.71. The van der Waals surface area contributed by atoms with Gasteiger partial charge in [-0.1, -0.05) is 25.1 Å². The predicted molar refractivity (Wildman–Crippen MR) is 76.4 cm³/mol. The molecule has 1 N–H and O–H groups in total. The highest BCUT2D eigenvalue weighted by atomic mass is 16.3. The van der Waals surface area contributed by atoms with Gasteiger partial charge in [0.25, 0.3) is 5.91 Å². The number of aryl methyl sites for hydroxylation is 1. The number of rotatable bonds is 1. The highest BCUT2D eigenvalue weighted by Crippen LogP contribution is 2.22. The number of nitrogens with zero attached hydrogens (tertiary/aromatic N) is 3. The van der Waals surface area contributed by atoms with Gasteiger partial charge in [0.05, 0.1) is 11.6 Å². The molecule has 0 bridgehead atoms. The number of hydrogen-bond donors (Lipinski definition) is 1. The first-order valence-corrected chi connectivity index (χ1v) is 6.97. The monoisotopic (exact) mass is 273 g/mol. The zero-order chi connectivity index (χ0) is 14.3. The summed E-state index contributed by atoms with van der Waals surface area (Å²) in [6.45, 7) is 3.09. The molecule has 5 nitrogen and oxygen atoms in total. The summed E-state index contributed by atoms with van der Waals surface area (Å²) in [6.07, 6.45) is 0.389. The average Bonchev–Trinajstić information content (AvgIpc) is 2.79. The van der Waals surface area contributed by atoms with Gasteiger partial charge >= 0.3 is 0 Å². The van der Waals surface area contributed by atoms with Crippen molar-refractivity contribution >= 4 is 16.8 Å². The largest absolute Gasteiger partial charge is 0.391 e. The number of likely N-dealkylation sites (tertiary alicyclic amines) is 1. The average molecular weight is 273 g/mol. The summed E-state index contributed by atoms with van der Waals surface area (Å²) in [4.78, 5) is 14.3. The number of aliphatic hydroxyl groups is 1. The van der Waals surface area contributed by atoms with Crippen molar-refractivity contribution < 1.29 is 9.90 Å². The van der Waals surface area contributed by atoms with Crippen LogP contribution in [0.3, 0.4) is 0 Å². The Labute approximate surface area is 117 Å². The van der Waals surface area contributed by atoms with Gasteiger partial charge in [0, 0.05) is 25.5 Å². The Balaban J connectivity index is 1.93. The lowest BCUT2D eigenvalue weighted by Crippen LogP contribution is -2.46. The van der Waals surface area contributed by atoms with Crippen molar-refractivity contribution in [2.75, 3.05) is 13.1 Å². The van der Waals surface area contributed by atoms with Crippen LogP contribution in [0.25, 0.3) is 10.9 Å². The van der Waals surface area contributed by atoms with Gasteiger partial charge in [-0.05, 0) is 18.4 Å². The lowest BCUT2D eigenvalue weighted by Gasteiger charge is -2.33. The predicted octanol–water partition coefficient (Wildman–Crippen LogP) is 1.42. The van der Waals surface area contributed by atoms with Crippen LogP contribution in [0.1, 0.15) is 23.8 Å². The fourth-order valence-electron chi connectivity index (χ4n) is 2.75. The number of piperidine rings is 1. The molecule has 1 aromatic carbocycles. The number of aromatic nitrogens is 2. The van der Waals surface area contributed by atoms with Gasteiger partial charge in [-0.15, -0.1) is 0 Å². The van der Waals surface area contributed by atoms with Crippen LogP contribution in [-0.2, 0) is 7.05 Å². The normalized spacial score (nSPS) is 23.2. The van der Waals surface area contributed by atoms with Crippen molar-refractivity contribution in [1.29, 1.82) is 0 Å². The molecule has 1 aliphatic heterocycles. The van der Waals surface area contributed by atoms with E-state index in [9.17, 15) is 9.90 Å². The number of β-amino-alcohol motifs (C(OH)–C–C–N with tert-alkyl or cyclic N) is 1. The van der Waals surface area contributed by atoms with Crippen LogP contribution >= 0.6 is 0 Å². The third-order valence-corrected chi connectivity index (χ3v) is 4.17. The fourth-order valence-corrected chi connectivity index (χ4v) is 2.75. The van der Waals surface area contributed by atoms with E-state index in [1.54, 1.807) is 9.58 Å². The fraction of sp³-hybridized carbons (Fsp3) is 0.467. The number of para-hydroxylation sites is 1. The van der Waals surface area contributed by atoms with E-state index in [0.29, 0.717) is 18.8 Å². The maximum atomic E-state index is 12.6. The number of carbonyl (C=O) groups is 1. The SMILES string of the molecule is CC1CCN(C(=O)c2nn(C)c3ccccc23)CC1O. The van der Waals surface area contributed by atoms with Crippen LogP contribution in [0.2, 0.25) is 0 Å². The van der Waals surface area contributed by atoms with Gasteiger partial charge in [0.2, 0.25) is 0 Å². The summed E-state index contributed by atoms with van der Waals surface area (Å²) < 4.78 is 1.73. The molecule has 1 saturated heterocycles. The quantitative estimate of drug-likeness (QED) is 0.855. The van der Waals surface area contributed by atoms with E-state index < -0.39 is 6.10 Å². The second kappa shape index (κ2) is 4.90. The van der Waals surface area contributed by atoms with Gasteiger partial charge in [0.1, 0.15) is 0 Å². The topological polar surface area (TPSA) is 58.4 Å². The Morgan fingerprint density at radius 2 is 2.15 bits per heavy atom. The second-order valence-corrected chi connectivity index (χ2v) is 5.57. The Bertz CT molecular complexity index is 650. The van der Waals surface area contributed by atoms with Gasteiger partial charge < -0.3 is 10.0 Å². The first-order valence-electron chi connectivity index (χ1n) is 6.97. The molecule has 20 heavy (non-hydrogen) atoms. The van der Waals surface area contributed by atoms with Gasteiger partial charge in [0.15, 0.2) is 5.69 Å². The van der Waals surface area contributed by atoms with Gasteiger partial charge in [-0.3, -0.25) is 9.48 Å². The number of benzene rings is 1. The first kappa shape index (κ1) is 13.1. The minimum Gasteiger partial charge on any atom is -0.391 e. The molecule has 1 fully saturated rings. The molecule has 106 valence electrons. The van der Waals surface area contributed by atoms with E-state index in [1.165, 1.54) is 0 Å². The Hall–Kier alpha value is -1.88. The van der Waals surface area contributed by atoms with Crippen LogP contribution in [-0.4, -0.2) is 44.9 Å². The van der Waals surface area contributed by atoms with Crippen LogP contribution < -0.4 is 0 Å². The van der Waals surface area contributed by atoms with Crippen molar-refractivity contribution in [2.24, 2.45) is 13.0 Å². The van der Waals surface area contributed by atoms with Crippen molar-refractivity contribution in [3.8, 4) is 0 Å². The molecule has 1 aromatic heterocycles. The number of aliphatic hydroxyl groups excluding tert-OH is 1. The third-order valence-electron chi connectivity index (χ3n) is 4.17. The Morgan fingerprint density at radius 3 is 2.90 bits per heavy atom. The number of amides is 1. The Morgan fingerprint density at radius 1 is 1.40 bits per heavy atom. The molecule has 0 spiro atoms. The molecule has 2 heterocycles. The van der Waals surface area contributed by atoms with Gasteiger partial charge in [-0.25, -0.2) is 0 Å². The first-order chi connectivity index (χ1) is 9.58. The maximum absolute atomic E-state index is 12.6. The second-order valence-electron chi connectivity index (χ2n) is 5.57. The minimum absolute atomic E-state index is 0.0900. The number of hydrogen-bond acceptors (Lipinski definition) is 3. The van der Waals surface area contributed by atoms with Crippen LogP contribution in [0, 0.1) is 5.92 Å². The van der Waals surface area contributed by atoms with Crippen molar-refractivity contribution in [3.05, 3.63) is 30.0 Å². The lowest BCUT2D eigenvalue weighted by atomic mass is 9.96. The van der Waals surface area contributed by atoms with Crippen molar-refractivity contribution in [3.63, 3.8) is 0 Å². The van der Waals surface area contributed by atoms with E-state index in [0.717, 1.165) is 17.3 Å². The highest BCUT2D eigenvalue weighted by Gasteiger charge is 2.29. The van der Waals surface area contributed by atoms with Crippen LogP contribution in [0.15, 0.2) is 24.3 Å². The molecular formula is C15H19N3O2. The molecule has 2 unspecified atom stereocenters. The molecule has 0 radical (unpaired) electrons. The molecule has 1 aliphatic rings. The van der Waals surface area contributed by atoms with Gasteiger partial charge in [-0.2, -0.15) is 5.10 Å². The zero-order valence-corrected chi connectivity index (χ0v) is 11.8. The lowest BCUT2D eigenvalue weighted by molar-refractivity contribution is 0.0246. The molecule has 1 amide bonds. The van der Waals surface area contributed by atoms with E-state index in [4.69, 9.17) is 0 Å². The summed E-state index contributed by atoms with van der Waals surface area (Å²) in [5.74, 6) is 0.160. The zero-order valence-electron chi connectivity index (χ0n) is 11.8. The molecule has 0 saturated carbocycles. The molecule has 2 atom stereocenters. The third kappa shape index (κ3) is 2.08. The Kier molecular flexibility index (Phi) is 3.22. The molecule has 3 rings (SSSR count). The van der Waals surface area contributed by atoms with E-state index in [1.807, 2.05) is 38.2 Å². The van der Waals surface area contributed by atoms with Crippen LogP contribution in [0.4, 0.5) is 0 Å². The smallest absolute Gasteiger partial charge is 0.275 e. The summed E-state index contributed by atoms with van der Waals surface area (Å²) in [5, 5.41) is 15.2. The maximum Gasteiger partial charge on any atom is 0.275 e. The molecule has 5 heteroatoms. The summed E-state index contributed by atoms with van der Waals surface area (Å²) in [5.41, 5.74) is 1.42.